The Morgan fingerprint density at radius 3 is 2.16 bits per heavy atom. The highest BCUT2D eigenvalue weighted by molar-refractivity contribution is 7.99. The number of hydrogen-bond donors (Lipinski definition) is 1. The van der Waals surface area contributed by atoms with E-state index in [0.717, 1.165) is 17.2 Å². The van der Waals surface area contributed by atoms with Crippen molar-refractivity contribution in [2.75, 3.05) is 17.7 Å². The van der Waals surface area contributed by atoms with Crippen molar-refractivity contribution < 1.29 is 9.53 Å². The van der Waals surface area contributed by atoms with Crippen LogP contribution in [0.2, 0.25) is 0 Å². The van der Waals surface area contributed by atoms with Crippen molar-refractivity contribution in [1.29, 1.82) is 0 Å². The van der Waals surface area contributed by atoms with Gasteiger partial charge in [-0.05, 0) is 48.5 Å². The van der Waals surface area contributed by atoms with E-state index in [0.29, 0.717) is 12.2 Å². The number of rotatable bonds is 7. The van der Waals surface area contributed by atoms with Crippen molar-refractivity contribution in [3.8, 4) is 5.75 Å². The zero-order valence-corrected chi connectivity index (χ0v) is 14.5. The Hall–Kier alpha value is -2.72. The number of amides is 1. The summed E-state index contributed by atoms with van der Waals surface area (Å²) in [5, 5.41) is 2.87. The molecule has 3 rings (SSSR count). The smallest absolute Gasteiger partial charge is 0.255 e. The van der Waals surface area contributed by atoms with E-state index in [1.165, 1.54) is 4.90 Å². The van der Waals surface area contributed by atoms with E-state index < -0.39 is 0 Å². The van der Waals surface area contributed by atoms with Gasteiger partial charge in [-0.25, -0.2) is 0 Å². The topological polar surface area (TPSA) is 38.3 Å². The summed E-state index contributed by atoms with van der Waals surface area (Å²) in [7, 11) is 0. The molecule has 4 heteroatoms. The summed E-state index contributed by atoms with van der Waals surface area (Å²) in [6.45, 7) is 0.620. The molecule has 1 amide bonds. The van der Waals surface area contributed by atoms with Crippen molar-refractivity contribution in [2.24, 2.45) is 0 Å². The Morgan fingerprint density at radius 2 is 1.48 bits per heavy atom. The molecule has 0 atom stereocenters. The average Bonchev–Trinajstić information content (AvgIpc) is 2.67. The second kappa shape index (κ2) is 8.94. The van der Waals surface area contributed by atoms with Crippen molar-refractivity contribution in [3.05, 3.63) is 90.5 Å². The summed E-state index contributed by atoms with van der Waals surface area (Å²) in [4.78, 5) is 13.4. The number of para-hydroxylation sites is 1. The standard InChI is InChI=1S/C21H19NO2S/c23-21(22-18-7-3-1-4-8-18)17-11-13-19(14-12-17)24-15-16-25-20-9-5-2-6-10-20/h1-14H,15-16H2,(H,22,23). The highest BCUT2D eigenvalue weighted by atomic mass is 32.2. The maximum absolute atomic E-state index is 12.2. The van der Waals surface area contributed by atoms with Gasteiger partial charge in [-0.2, -0.15) is 0 Å². The zero-order chi connectivity index (χ0) is 17.3. The maximum atomic E-state index is 12.2. The average molecular weight is 349 g/mol. The second-order valence-electron chi connectivity index (χ2n) is 5.35. The van der Waals surface area contributed by atoms with Crippen LogP contribution in [-0.4, -0.2) is 18.3 Å². The Balaban J connectivity index is 1.46. The fourth-order valence-electron chi connectivity index (χ4n) is 2.26. The van der Waals surface area contributed by atoms with Crippen LogP contribution >= 0.6 is 11.8 Å². The molecule has 0 spiro atoms. The largest absolute Gasteiger partial charge is 0.493 e. The summed E-state index contributed by atoms with van der Waals surface area (Å²) < 4.78 is 5.73. The van der Waals surface area contributed by atoms with Crippen LogP contribution in [0, 0.1) is 0 Å². The molecule has 0 saturated carbocycles. The summed E-state index contributed by atoms with van der Waals surface area (Å²) in [6.07, 6.45) is 0. The van der Waals surface area contributed by atoms with Crippen LogP contribution in [0.5, 0.6) is 5.75 Å². The highest BCUT2D eigenvalue weighted by Gasteiger charge is 2.06. The van der Waals surface area contributed by atoms with E-state index in [4.69, 9.17) is 4.74 Å². The van der Waals surface area contributed by atoms with Crippen LogP contribution in [0.15, 0.2) is 89.8 Å². The van der Waals surface area contributed by atoms with Crippen LogP contribution in [0.1, 0.15) is 10.4 Å². The van der Waals surface area contributed by atoms with E-state index in [2.05, 4.69) is 17.4 Å². The fraction of sp³-hybridized carbons (Fsp3) is 0.0952. The van der Waals surface area contributed by atoms with Crippen LogP contribution in [0.25, 0.3) is 0 Å². The lowest BCUT2D eigenvalue weighted by atomic mass is 10.2. The predicted octanol–water partition coefficient (Wildman–Crippen LogP) is 5.11. The lowest BCUT2D eigenvalue weighted by Gasteiger charge is -2.08. The number of benzene rings is 3. The van der Waals surface area contributed by atoms with E-state index >= 15 is 0 Å². The molecule has 0 unspecified atom stereocenters. The van der Waals surface area contributed by atoms with E-state index in [-0.39, 0.29) is 5.91 Å². The third-order valence-corrected chi connectivity index (χ3v) is 4.49. The van der Waals surface area contributed by atoms with Gasteiger partial charge in [0.25, 0.3) is 5.91 Å². The molecule has 0 saturated heterocycles. The van der Waals surface area contributed by atoms with Crippen LogP contribution in [0.4, 0.5) is 5.69 Å². The third-order valence-electron chi connectivity index (χ3n) is 3.51. The number of nitrogens with one attached hydrogen (secondary N) is 1. The monoisotopic (exact) mass is 349 g/mol. The van der Waals surface area contributed by atoms with Crippen molar-refractivity contribution in [3.63, 3.8) is 0 Å². The summed E-state index contributed by atoms with van der Waals surface area (Å²) in [6, 6.07) is 26.9. The highest BCUT2D eigenvalue weighted by Crippen LogP contribution is 2.18. The first-order chi connectivity index (χ1) is 12.3. The summed E-state index contributed by atoms with van der Waals surface area (Å²) >= 11 is 1.76. The normalized spacial score (nSPS) is 10.2. The molecule has 0 bridgehead atoms. The molecule has 0 aliphatic heterocycles. The minimum Gasteiger partial charge on any atom is -0.493 e. The Bertz CT molecular complexity index is 789. The Morgan fingerprint density at radius 1 is 0.840 bits per heavy atom. The Kier molecular flexibility index (Phi) is 6.12. The molecule has 126 valence electrons. The van der Waals surface area contributed by atoms with Gasteiger partial charge in [-0.3, -0.25) is 4.79 Å². The van der Waals surface area contributed by atoms with Crippen LogP contribution in [-0.2, 0) is 0 Å². The molecule has 0 aromatic heterocycles. The molecular weight excluding hydrogens is 330 g/mol. The maximum Gasteiger partial charge on any atom is 0.255 e. The molecule has 25 heavy (non-hydrogen) atoms. The number of ether oxygens (including phenoxy) is 1. The molecule has 0 aliphatic rings. The number of anilines is 1. The second-order valence-corrected chi connectivity index (χ2v) is 6.52. The van der Waals surface area contributed by atoms with Gasteiger partial charge < -0.3 is 10.1 Å². The van der Waals surface area contributed by atoms with E-state index in [9.17, 15) is 4.79 Å². The van der Waals surface area contributed by atoms with Gasteiger partial charge in [0, 0.05) is 21.9 Å². The molecule has 0 aliphatic carbocycles. The molecule has 0 radical (unpaired) electrons. The van der Waals surface area contributed by atoms with Gasteiger partial charge in [-0.1, -0.05) is 36.4 Å². The molecule has 3 nitrogen and oxygen atoms in total. The van der Waals surface area contributed by atoms with Gasteiger partial charge in [0.2, 0.25) is 0 Å². The van der Waals surface area contributed by atoms with Crippen LogP contribution < -0.4 is 10.1 Å². The lowest BCUT2D eigenvalue weighted by molar-refractivity contribution is 0.102. The number of thioether (sulfide) groups is 1. The van der Waals surface area contributed by atoms with E-state index in [1.54, 1.807) is 23.9 Å². The summed E-state index contributed by atoms with van der Waals surface area (Å²) in [5.74, 6) is 1.52. The van der Waals surface area contributed by atoms with Gasteiger partial charge >= 0.3 is 0 Å². The first-order valence-electron chi connectivity index (χ1n) is 8.08. The molecule has 3 aromatic carbocycles. The zero-order valence-electron chi connectivity index (χ0n) is 13.7. The lowest BCUT2D eigenvalue weighted by Crippen LogP contribution is -2.11. The van der Waals surface area contributed by atoms with Gasteiger partial charge in [0.15, 0.2) is 0 Å². The molecule has 0 fully saturated rings. The third kappa shape index (κ3) is 5.40. The Labute approximate surface area is 152 Å². The first-order valence-corrected chi connectivity index (χ1v) is 9.07. The molecule has 0 heterocycles. The molecule has 1 N–H and O–H groups in total. The number of carbonyl (C=O) groups is 1. The predicted molar refractivity (Wildman–Crippen MR) is 103 cm³/mol. The van der Waals surface area contributed by atoms with Crippen molar-refractivity contribution in [1.82, 2.24) is 0 Å². The summed E-state index contributed by atoms with van der Waals surface area (Å²) in [5.41, 5.74) is 1.39. The number of hydrogen-bond acceptors (Lipinski definition) is 3. The first kappa shape index (κ1) is 17.1. The quantitative estimate of drug-likeness (QED) is 0.476. The SMILES string of the molecule is O=C(Nc1ccccc1)c1ccc(OCCSc2ccccc2)cc1. The van der Waals surface area contributed by atoms with Gasteiger partial charge in [-0.15, -0.1) is 11.8 Å². The molecular formula is C21H19NO2S. The fourth-order valence-corrected chi connectivity index (χ4v) is 3.01. The van der Waals surface area contributed by atoms with Crippen LogP contribution in [0.3, 0.4) is 0 Å². The minimum atomic E-state index is -0.127. The van der Waals surface area contributed by atoms with Crippen molar-refractivity contribution >= 4 is 23.4 Å². The van der Waals surface area contributed by atoms with Gasteiger partial charge in [0.1, 0.15) is 5.75 Å². The number of carbonyl (C=O) groups excluding carboxylic acids is 1. The minimum absolute atomic E-state index is 0.127. The van der Waals surface area contributed by atoms with Gasteiger partial charge in [0.05, 0.1) is 6.61 Å². The van der Waals surface area contributed by atoms with E-state index in [1.807, 2.05) is 60.7 Å². The van der Waals surface area contributed by atoms with Crippen molar-refractivity contribution in [2.45, 2.75) is 4.90 Å². The molecule has 3 aromatic rings.